The van der Waals surface area contributed by atoms with Crippen LogP contribution < -0.4 is 4.90 Å². The van der Waals surface area contributed by atoms with Gasteiger partial charge in [0.15, 0.2) is 0 Å². The van der Waals surface area contributed by atoms with Crippen molar-refractivity contribution >= 4 is 17.3 Å². The van der Waals surface area contributed by atoms with Crippen LogP contribution in [0.1, 0.15) is 26.7 Å². The van der Waals surface area contributed by atoms with Crippen molar-refractivity contribution in [2.24, 2.45) is 0 Å². The number of carbonyl (C=O) groups is 1. The molecule has 0 amide bonds. The van der Waals surface area contributed by atoms with Gasteiger partial charge in [0, 0.05) is 36.8 Å². The number of carboxylic acid groups (broad SMARTS) is 1. The zero-order chi connectivity index (χ0) is 14.4. The highest BCUT2D eigenvalue weighted by Crippen LogP contribution is 2.23. The Morgan fingerprint density at radius 2 is 2.16 bits per heavy atom. The van der Waals surface area contributed by atoms with Crippen molar-refractivity contribution in [1.82, 2.24) is 0 Å². The predicted octanol–water partition coefficient (Wildman–Crippen LogP) is 2.67. The van der Waals surface area contributed by atoms with Gasteiger partial charge in [-0.3, -0.25) is 14.9 Å². The quantitative estimate of drug-likeness (QED) is 0.606. The number of aliphatic carboxylic acids is 1. The molecule has 0 atom stereocenters. The van der Waals surface area contributed by atoms with Crippen LogP contribution in [0.3, 0.4) is 0 Å². The standard InChI is InChI=1S/C13H18N2O4/c1-10(2)14(8-4-7-13(16)17)11-5-3-6-12(9-11)15(18)19/h3,5-6,9-10H,4,7-8H2,1-2H3,(H,16,17). The van der Waals surface area contributed by atoms with Gasteiger partial charge in [0.1, 0.15) is 0 Å². The van der Waals surface area contributed by atoms with Crippen LogP contribution in [-0.2, 0) is 4.79 Å². The van der Waals surface area contributed by atoms with E-state index in [9.17, 15) is 14.9 Å². The average Bonchev–Trinajstić information content (AvgIpc) is 2.34. The van der Waals surface area contributed by atoms with E-state index in [2.05, 4.69) is 0 Å². The van der Waals surface area contributed by atoms with Crippen molar-refractivity contribution in [1.29, 1.82) is 0 Å². The zero-order valence-electron chi connectivity index (χ0n) is 11.1. The third kappa shape index (κ3) is 4.57. The van der Waals surface area contributed by atoms with Crippen LogP contribution >= 0.6 is 0 Å². The molecule has 0 aliphatic carbocycles. The maximum Gasteiger partial charge on any atom is 0.303 e. The second-order valence-corrected chi connectivity index (χ2v) is 4.56. The van der Waals surface area contributed by atoms with Gasteiger partial charge in [-0.15, -0.1) is 0 Å². The highest BCUT2D eigenvalue weighted by atomic mass is 16.6. The van der Waals surface area contributed by atoms with Crippen LogP contribution in [-0.4, -0.2) is 28.6 Å². The fourth-order valence-corrected chi connectivity index (χ4v) is 1.87. The molecule has 0 aromatic heterocycles. The Bertz CT molecular complexity index is 460. The number of rotatable bonds is 7. The summed E-state index contributed by atoms with van der Waals surface area (Å²) in [5, 5.41) is 19.4. The normalized spacial score (nSPS) is 10.5. The molecular weight excluding hydrogens is 248 g/mol. The lowest BCUT2D eigenvalue weighted by molar-refractivity contribution is -0.384. The summed E-state index contributed by atoms with van der Waals surface area (Å²) in [6.07, 6.45) is 0.606. The molecule has 0 unspecified atom stereocenters. The summed E-state index contributed by atoms with van der Waals surface area (Å²) < 4.78 is 0. The van der Waals surface area contributed by atoms with Crippen LogP contribution in [0, 0.1) is 10.1 Å². The minimum absolute atomic E-state index is 0.0429. The van der Waals surface area contributed by atoms with Crippen LogP contribution in [0.4, 0.5) is 11.4 Å². The van der Waals surface area contributed by atoms with Gasteiger partial charge in [-0.2, -0.15) is 0 Å². The number of nitrogens with zero attached hydrogens (tertiary/aromatic N) is 2. The van der Waals surface area contributed by atoms with Gasteiger partial charge in [-0.1, -0.05) is 6.07 Å². The van der Waals surface area contributed by atoms with Gasteiger partial charge in [-0.05, 0) is 26.3 Å². The van der Waals surface area contributed by atoms with Gasteiger partial charge >= 0.3 is 5.97 Å². The number of hydrogen-bond acceptors (Lipinski definition) is 4. The van der Waals surface area contributed by atoms with E-state index in [-0.39, 0.29) is 18.2 Å². The minimum atomic E-state index is -0.831. The van der Waals surface area contributed by atoms with Gasteiger partial charge in [0.05, 0.1) is 4.92 Å². The second kappa shape index (κ2) is 6.72. The number of hydrogen-bond donors (Lipinski definition) is 1. The van der Waals surface area contributed by atoms with Crippen molar-refractivity contribution in [2.45, 2.75) is 32.7 Å². The Morgan fingerprint density at radius 1 is 1.47 bits per heavy atom. The van der Waals surface area contributed by atoms with Crippen LogP contribution in [0.25, 0.3) is 0 Å². The Hall–Kier alpha value is -2.11. The third-order valence-electron chi connectivity index (χ3n) is 2.79. The predicted molar refractivity (Wildman–Crippen MR) is 72.4 cm³/mol. The van der Waals surface area contributed by atoms with Crippen molar-refractivity contribution in [3.63, 3.8) is 0 Å². The minimum Gasteiger partial charge on any atom is -0.481 e. The molecule has 0 spiro atoms. The van der Waals surface area contributed by atoms with Gasteiger partial charge in [-0.25, -0.2) is 0 Å². The van der Waals surface area contributed by atoms with Crippen molar-refractivity contribution in [3.05, 3.63) is 34.4 Å². The van der Waals surface area contributed by atoms with Gasteiger partial charge in [0.2, 0.25) is 0 Å². The van der Waals surface area contributed by atoms with E-state index in [1.165, 1.54) is 12.1 Å². The molecule has 1 N–H and O–H groups in total. The Morgan fingerprint density at radius 3 is 2.68 bits per heavy atom. The second-order valence-electron chi connectivity index (χ2n) is 4.56. The van der Waals surface area contributed by atoms with Crippen molar-refractivity contribution in [2.75, 3.05) is 11.4 Å². The fraction of sp³-hybridized carbons (Fsp3) is 0.462. The Kier molecular flexibility index (Phi) is 5.29. The topological polar surface area (TPSA) is 83.7 Å². The summed E-state index contributed by atoms with van der Waals surface area (Å²) in [7, 11) is 0. The SMILES string of the molecule is CC(C)N(CCCC(=O)O)c1cccc([N+](=O)[O-])c1. The van der Waals surface area contributed by atoms with Gasteiger partial charge < -0.3 is 10.0 Å². The van der Waals surface area contributed by atoms with E-state index in [4.69, 9.17) is 5.11 Å². The van der Waals surface area contributed by atoms with Crippen LogP contribution in [0.5, 0.6) is 0 Å². The van der Waals surface area contributed by atoms with Crippen LogP contribution in [0.15, 0.2) is 24.3 Å². The Balaban J connectivity index is 2.83. The van der Waals surface area contributed by atoms with E-state index in [0.29, 0.717) is 13.0 Å². The molecule has 1 rings (SSSR count). The monoisotopic (exact) mass is 266 g/mol. The molecule has 0 aliphatic heterocycles. The summed E-state index contributed by atoms with van der Waals surface area (Å²) in [4.78, 5) is 22.8. The number of nitro groups is 1. The maximum atomic E-state index is 10.8. The van der Waals surface area contributed by atoms with E-state index in [0.717, 1.165) is 5.69 Å². The molecule has 0 radical (unpaired) electrons. The molecule has 0 bridgehead atoms. The number of carboxylic acids is 1. The van der Waals surface area contributed by atoms with Gasteiger partial charge in [0.25, 0.3) is 5.69 Å². The molecule has 0 fully saturated rings. The smallest absolute Gasteiger partial charge is 0.303 e. The molecule has 0 saturated heterocycles. The number of benzene rings is 1. The first-order chi connectivity index (χ1) is 8.91. The summed E-state index contributed by atoms with van der Waals surface area (Å²) >= 11 is 0. The number of non-ortho nitro benzene ring substituents is 1. The highest BCUT2D eigenvalue weighted by Gasteiger charge is 2.14. The number of anilines is 1. The lowest BCUT2D eigenvalue weighted by Crippen LogP contribution is -2.32. The van der Waals surface area contributed by atoms with Crippen LogP contribution in [0.2, 0.25) is 0 Å². The molecule has 0 saturated carbocycles. The lowest BCUT2D eigenvalue weighted by Gasteiger charge is -2.28. The van der Waals surface area contributed by atoms with Crippen molar-refractivity contribution < 1.29 is 14.8 Å². The molecule has 6 nitrogen and oxygen atoms in total. The number of nitro benzene ring substituents is 1. The summed E-state index contributed by atoms with van der Waals surface area (Å²) in [5.74, 6) is -0.831. The maximum absolute atomic E-state index is 10.8. The first-order valence-corrected chi connectivity index (χ1v) is 6.14. The molecular formula is C13H18N2O4. The molecule has 0 heterocycles. The first-order valence-electron chi connectivity index (χ1n) is 6.14. The average molecular weight is 266 g/mol. The zero-order valence-corrected chi connectivity index (χ0v) is 11.1. The lowest BCUT2D eigenvalue weighted by atomic mass is 10.2. The molecule has 1 aromatic rings. The van der Waals surface area contributed by atoms with E-state index in [1.807, 2.05) is 18.7 Å². The Labute approximate surface area is 111 Å². The first kappa shape index (κ1) is 14.9. The van der Waals surface area contributed by atoms with E-state index < -0.39 is 10.9 Å². The molecule has 1 aromatic carbocycles. The van der Waals surface area contributed by atoms with Crippen molar-refractivity contribution in [3.8, 4) is 0 Å². The molecule has 104 valence electrons. The summed E-state index contributed by atoms with van der Waals surface area (Å²) in [6, 6.07) is 6.55. The third-order valence-corrected chi connectivity index (χ3v) is 2.79. The molecule has 0 aliphatic rings. The fourth-order valence-electron chi connectivity index (χ4n) is 1.87. The summed E-state index contributed by atoms with van der Waals surface area (Å²) in [5.41, 5.74) is 0.788. The van der Waals surface area contributed by atoms with E-state index >= 15 is 0 Å². The highest BCUT2D eigenvalue weighted by molar-refractivity contribution is 5.66. The van der Waals surface area contributed by atoms with E-state index in [1.54, 1.807) is 12.1 Å². The largest absolute Gasteiger partial charge is 0.481 e. The molecule has 19 heavy (non-hydrogen) atoms. The summed E-state index contributed by atoms with van der Waals surface area (Å²) in [6.45, 7) is 4.50. The molecule has 6 heteroatoms.